The minimum absolute atomic E-state index is 0.127. The Labute approximate surface area is 191 Å². The highest BCUT2D eigenvalue weighted by Gasteiger charge is 2.43. The van der Waals surface area contributed by atoms with Gasteiger partial charge in [0.05, 0.1) is 0 Å². The Balaban J connectivity index is 1.57. The third kappa shape index (κ3) is 4.53. The number of anilines is 1. The normalized spacial score (nSPS) is 14.9. The molecule has 32 heavy (non-hydrogen) atoms. The SMILES string of the molecule is CN(C)C(=O)C(CCN1CCN(c2ccccn2)CC1)(c1ccccc1)c1ccccc1. The maximum atomic E-state index is 13.8. The number of hydrogen-bond acceptors (Lipinski definition) is 4. The van der Waals surface area contributed by atoms with Gasteiger partial charge >= 0.3 is 0 Å². The quantitative estimate of drug-likeness (QED) is 0.576. The third-order valence-electron chi connectivity index (χ3n) is 6.45. The number of rotatable bonds is 7. The second-order valence-corrected chi connectivity index (χ2v) is 8.60. The zero-order chi connectivity index (χ0) is 22.4. The third-order valence-corrected chi connectivity index (χ3v) is 6.45. The number of benzene rings is 2. The molecule has 166 valence electrons. The molecule has 4 rings (SSSR count). The first kappa shape index (κ1) is 22.0. The van der Waals surface area contributed by atoms with Crippen molar-refractivity contribution in [3.8, 4) is 0 Å². The van der Waals surface area contributed by atoms with Gasteiger partial charge in [-0.2, -0.15) is 0 Å². The Hall–Kier alpha value is -3.18. The van der Waals surface area contributed by atoms with Crippen LogP contribution < -0.4 is 4.90 Å². The minimum Gasteiger partial charge on any atom is -0.354 e. The summed E-state index contributed by atoms with van der Waals surface area (Å²) in [6.45, 7) is 4.68. The van der Waals surface area contributed by atoms with Crippen molar-refractivity contribution in [3.05, 3.63) is 96.2 Å². The molecule has 0 saturated carbocycles. The number of carbonyl (C=O) groups is 1. The first-order valence-electron chi connectivity index (χ1n) is 11.3. The van der Waals surface area contributed by atoms with Gasteiger partial charge in [-0.15, -0.1) is 0 Å². The molecular weight excluding hydrogens is 396 g/mol. The molecule has 5 nitrogen and oxygen atoms in total. The van der Waals surface area contributed by atoms with Crippen LogP contribution in [0.15, 0.2) is 85.1 Å². The van der Waals surface area contributed by atoms with E-state index in [9.17, 15) is 4.79 Å². The van der Waals surface area contributed by atoms with Crippen LogP contribution in [0.1, 0.15) is 17.5 Å². The van der Waals surface area contributed by atoms with E-state index in [0.717, 1.165) is 56.1 Å². The van der Waals surface area contributed by atoms with Crippen molar-refractivity contribution < 1.29 is 4.79 Å². The van der Waals surface area contributed by atoms with Gasteiger partial charge in [0, 0.05) is 46.5 Å². The molecule has 1 aliphatic heterocycles. The van der Waals surface area contributed by atoms with E-state index in [1.54, 1.807) is 4.90 Å². The number of carbonyl (C=O) groups excluding carboxylic acids is 1. The monoisotopic (exact) mass is 428 g/mol. The zero-order valence-electron chi connectivity index (χ0n) is 19.0. The van der Waals surface area contributed by atoms with Crippen molar-refractivity contribution in [2.24, 2.45) is 0 Å². The number of amides is 1. The van der Waals surface area contributed by atoms with Gasteiger partial charge in [0.2, 0.25) is 5.91 Å². The van der Waals surface area contributed by atoms with Crippen LogP contribution in [-0.2, 0) is 10.2 Å². The lowest BCUT2D eigenvalue weighted by atomic mass is 9.70. The van der Waals surface area contributed by atoms with Crippen LogP contribution in [0.25, 0.3) is 0 Å². The first-order chi connectivity index (χ1) is 15.6. The van der Waals surface area contributed by atoms with Gasteiger partial charge in [0.15, 0.2) is 0 Å². The number of aromatic nitrogens is 1. The summed E-state index contributed by atoms with van der Waals surface area (Å²) in [5.41, 5.74) is 1.40. The standard InChI is InChI=1S/C27H32N4O/c1-29(2)26(32)27(23-11-5-3-6-12-23,24-13-7-4-8-14-24)16-18-30-19-21-31(22-20-30)25-15-9-10-17-28-25/h3-15,17H,16,18-22H2,1-2H3. The van der Waals surface area contributed by atoms with Gasteiger partial charge in [0.1, 0.15) is 11.2 Å². The van der Waals surface area contributed by atoms with E-state index >= 15 is 0 Å². The average molecular weight is 429 g/mol. The average Bonchev–Trinajstić information content (AvgIpc) is 2.86. The van der Waals surface area contributed by atoms with Gasteiger partial charge in [0.25, 0.3) is 0 Å². The van der Waals surface area contributed by atoms with Gasteiger partial charge in [-0.1, -0.05) is 66.7 Å². The molecule has 5 heteroatoms. The molecule has 0 atom stereocenters. The molecule has 1 fully saturated rings. The summed E-state index contributed by atoms with van der Waals surface area (Å²) in [4.78, 5) is 24.8. The van der Waals surface area contributed by atoms with E-state index in [-0.39, 0.29) is 5.91 Å². The Morgan fingerprint density at radius 1 is 0.844 bits per heavy atom. The van der Waals surface area contributed by atoms with Gasteiger partial charge in [-0.05, 0) is 36.2 Å². The molecule has 1 aromatic heterocycles. The molecule has 2 aromatic carbocycles. The fourth-order valence-corrected chi connectivity index (χ4v) is 4.70. The lowest BCUT2D eigenvalue weighted by molar-refractivity contribution is -0.133. The van der Waals surface area contributed by atoms with Crippen LogP contribution in [0.3, 0.4) is 0 Å². The lowest BCUT2D eigenvalue weighted by Crippen LogP contribution is -2.50. The molecule has 3 aromatic rings. The van der Waals surface area contributed by atoms with E-state index < -0.39 is 5.41 Å². The molecule has 0 unspecified atom stereocenters. The number of piperazine rings is 1. The fraction of sp³-hybridized carbons (Fsp3) is 0.333. The van der Waals surface area contributed by atoms with E-state index in [1.807, 2.05) is 68.8 Å². The topological polar surface area (TPSA) is 39.7 Å². The van der Waals surface area contributed by atoms with Crippen molar-refractivity contribution in [1.82, 2.24) is 14.8 Å². The van der Waals surface area contributed by atoms with Crippen LogP contribution in [0.5, 0.6) is 0 Å². The summed E-state index contributed by atoms with van der Waals surface area (Å²) in [6.07, 6.45) is 2.59. The van der Waals surface area contributed by atoms with Crippen LogP contribution >= 0.6 is 0 Å². The highest BCUT2D eigenvalue weighted by atomic mass is 16.2. The molecule has 1 saturated heterocycles. The summed E-state index contributed by atoms with van der Waals surface area (Å²) in [7, 11) is 3.71. The lowest BCUT2D eigenvalue weighted by Gasteiger charge is -2.40. The van der Waals surface area contributed by atoms with Crippen LogP contribution in [-0.4, -0.2) is 67.5 Å². The summed E-state index contributed by atoms with van der Waals surface area (Å²) < 4.78 is 0. The molecule has 0 aliphatic carbocycles. The largest absolute Gasteiger partial charge is 0.354 e. The highest BCUT2D eigenvalue weighted by molar-refractivity contribution is 5.91. The zero-order valence-corrected chi connectivity index (χ0v) is 19.0. The molecule has 1 aliphatic rings. The summed E-state index contributed by atoms with van der Waals surface area (Å²) >= 11 is 0. The van der Waals surface area contributed by atoms with Gasteiger partial charge < -0.3 is 9.80 Å². The fourth-order valence-electron chi connectivity index (χ4n) is 4.70. The number of nitrogens with zero attached hydrogens (tertiary/aromatic N) is 4. The summed E-state index contributed by atoms with van der Waals surface area (Å²) in [5, 5.41) is 0. The van der Waals surface area contributed by atoms with Crippen LogP contribution in [0.4, 0.5) is 5.82 Å². The predicted molar refractivity (Wildman–Crippen MR) is 130 cm³/mol. The Morgan fingerprint density at radius 3 is 1.91 bits per heavy atom. The van der Waals surface area contributed by atoms with E-state index in [1.165, 1.54) is 0 Å². The Kier molecular flexibility index (Phi) is 6.86. The molecule has 0 spiro atoms. The molecule has 1 amide bonds. The molecule has 0 N–H and O–H groups in total. The molecule has 2 heterocycles. The Bertz CT molecular complexity index is 944. The maximum absolute atomic E-state index is 13.8. The summed E-state index contributed by atoms with van der Waals surface area (Å²) in [5.74, 6) is 1.17. The number of hydrogen-bond donors (Lipinski definition) is 0. The molecular formula is C27H32N4O. The molecule has 0 radical (unpaired) electrons. The smallest absolute Gasteiger partial charge is 0.237 e. The van der Waals surface area contributed by atoms with Crippen molar-refractivity contribution in [3.63, 3.8) is 0 Å². The number of likely N-dealkylation sites (N-methyl/N-ethyl adjacent to an activating group) is 1. The predicted octanol–water partition coefficient (Wildman–Crippen LogP) is 3.67. The van der Waals surface area contributed by atoms with Crippen LogP contribution in [0.2, 0.25) is 0 Å². The second kappa shape index (κ2) is 9.96. The van der Waals surface area contributed by atoms with E-state index in [0.29, 0.717) is 0 Å². The van der Waals surface area contributed by atoms with Crippen molar-refractivity contribution >= 4 is 11.7 Å². The van der Waals surface area contributed by atoms with E-state index in [4.69, 9.17) is 0 Å². The second-order valence-electron chi connectivity index (χ2n) is 8.60. The van der Waals surface area contributed by atoms with Crippen molar-refractivity contribution in [2.45, 2.75) is 11.8 Å². The summed E-state index contributed by atoms with van der Waals surface area (Å²) in [6, 6.07) is 26.6. The van der Waals surface area contributed by atoms with E-state index in [2.05, 4.69) is 45.1 Å². The maximum Gasteiger partial charge on any atom is 0.237 e. The van der Waals surface area contributed by atoms with Gasteiger partial charge in [-0.25, -0.2) is 4.98 Å². The number of pyridine rings is 1. The van der Waals surface area contributed by atoms with Gasteiger partial charge in [-0.3, -0.25) is 9.69 Å². The minimum atomic E-state index is -0.704. The Morgan fingerprint density at radius 2 is 1.41 bits per heavy atom. The van der Waals surface area contributed by atoms with Crippen LogP contribution in [0, 0.1) is 0 Å². The highest BCUT2D eigenvalue weighted by Crippen LogP contribution is 2.37. The first-order valence-corrected chi connectivity index (χ1v) is 11.3. The van der Waals surface area contributed by atoms with Crippen molar-refractivity contribution in [1.29, 1.82) is 0 Å². The molecule has 0 bridgehead atoms. The van der Waals surface area contributed by atoms with Crippen molar-refractivity contribution in [2.75, 3.05) is 51.7 Å².